The minimum absolute atomic E-state index is 0.344. The number of benzene rings is 1. The lowest BCUT2D eigenvalue weighted by Gasteiger charge is -2.22. The van der Waals surface area contributed by atoms with Crippen molar-refractivity contribution in [2.75, 3.05) is 11.1 Å². The van der Waals surface area contributed by atoms with Gasteiger partial charge >= 0.3 is 6.18 Å². The molecule has 1 aromatic carbocycles. The third-order valence-corrected chi connectivity index (χ3v) is 3.92. The van der Waals surface area contributed by atoms with Gasteiger partial charge in [0.25, 0.3) is 0 Å². The van der Waals surface area contributed by atoms with Crippen molar-refractivity contribution < 1.29 is 18.0 Å². The number of hydrogen-bond acceptors (Lipinski definition) is 3. The number of nitrogens with two attached hydrogens (primary N) is 1. The number of carbonyl (C=O) groups excluding carboxylic acids is 1. The highest BCUT2D eigenvalue weighted by Crippen LogP contribution is 2.32. The van der Waals surface area contributed by atoms with E-state index in [1.807, 2.05) is 0 Å². The molecule has 112 valence electrons. The summed E-state index contributed by atoms with van der Waals surface area (Å²) in [4.78, 5) is 12.3. The number of alkyl halides is 3. The summed E-state index contributed by atoms with van der Waals surface area (Å²) >= 11 is 0.634. The van der Waals surface area contributed by atoms with E-state index in [4.69, 9.17) is 5.73 Å². The number of anilines is 1. The molecule has 0 saturated heterocycles. The Hall–Kier alpha value is -1.21. The van der Waals surface area contributed by atoms with Gasteiger partial charge in [0, 0.05) is 4.90 Å². The molecule has 0 aliphatic carbocycles. The number of amides is 1. The average Bonchev–Trinajstić information content (AvgIpc) is 2.36. The average molecular weight is 306 g/mol. The molecule has 1 aromatic rings. The zero-order valence-corrected chi connectivity index (χ0v) is 12.1. The molecule has 0 heterocycles. The van der Waals surface area contributed by atoms with Crippen molar-refractivity contribution in [3.05, 3.63) is 24.3 Å². The second-order valence-electron chi connectivity index (χ2n) is 4.63. The van der Waals surface area contributed by atoms with Gasteiger partial charge in [-0.3, -0.25) is 4.79 Å². The first kappa shape index (κ1) is 16.8. The summed E-state index contributed by atoms with van der Waals surface area (Å²) in [6, 6.07) is 6.36. The Morgan fingerprint density at radius 2 is 1.95 bits per heavy atom. The Balaban J connectivity index is 2.83. The molecule has 0 aromatic heterocycles. The van der Waals surface area contributed by atoms with Crippen LogP contribution in [0.1, 0.15) is 20.3 Å². The van der Waals surface area contributed by atoms with Crippen LogP contribution in [0.2, 0.25) is 0 Å². The molecule has 7 heteroatoms. The Labute approximate surface area is 120 Å². The monoisotopic (exact) mass is 306 g/mol. The Bertz CT molecular complexity index is 475. The van der Waals surface area contributed by atoms with E-state index in [0.717, 1.165) is 0 Å². The van der Waals surface area contributed by atoms with E-state index in [9.17, 15) is 18.0 Å². The molecule has 1 amide bonds. The summed E-state index contributed by atoms with van der Waals surface area (Å²) in [6.07, 6.45) is -3.83. The first-order chi connectivity index (χ1) is 9.15. The van der Waals surface area contributed by atoms with Crippen LogP contribution in [-0.2, 0) is 4.79 Å². The maximum Gasteiger partial charge on any atom is 0.398 e. The van der Waals surface area contributed by atoms with Gasteiger partial charge in [0.2, 0.25) is 5.91 Å². The van der Waals surface area contributed by atoms with Gasteiger partial charge in [0.1, 0.15) is 0 Å². The van der Waals surface area contributed by atoms with Crippen molar-refractivity contribution in [1.82, 2.24) is 0 Å². The van der Waals surface area contributed by atoms with Crippen LogP contribution in [0.4, 0.5) is 18.9 Å². The topological polar surface area (TPSA) is 55.1 Å². The SMILES string of the molecule is CCC(C)(N)C(=O)Nc1ccccc1SCC(F)(F)F. The fourth-order valence-corrected chi connectivity index (χ4v) is 2.05. The summed E-state index contributed by atoms with van der Waals surface area (Å²) in [7, 11) is 0. The molecule has 0 aliphatic rings. The molecule has 1 unspecified atom stereocenters. The Morgan fingerprint density at radius 3 is 2.50 bits per heavy atom. The summed E-state index contributed by atoms with van der Waals surface area (Å²) in [5.41, 5.74) is 5.09. The van der Waals surface area contributed by atoms with Crippen LogP contribution >= 0.6 is 11.8 Å². The highest BCUT2D eigenvalue weighted by molar-refractivity contribution is 7.99. The first-order valence-electron chi connectivity index (χ1n) is 6.04. The molecule has 0 saturated carbocycles. The number of rotatable bonds is 5. The number of para-hydroxylation sites is 1. The number of nitrogens with one attached hydrogen (secondary N) is 1. The molecule has 1 atom stereocenters. The second-order valence-corrected chi connectivity index (χ2v) is 5.64. The van der Waals surface area contributed by atoms with E-state index in [0.29, 0.717) is 28.8 Å². The molecule has 0 radical (unpaired) electrons. The summed E-state index contributed by atoms with van der Waals surface area (Å²) in [5, 5.41) is 2.59. The number of carbonyl (C=O) groups is 1. The third kappa shape index (κ3) is 5.05. The third-order valence-electron chi connectivity index (χ3n) is 2.78. The Morgan fingerprint density at radius 1 is 1.35 bits per heavy atom. The second kappa shape index (κ2) is 6.49. The standard InChI is InChI=1S/C13H17F3N2OS/c1-3-12(2,17)11(19)18-9-6-4-5-7-10(9)20-8-13(14,15)16/h4-7H,3,8,17H2,1-2H3,(H,18,19). The minimum Gasteiger partial charge on any atom is -0.323 e. The first-order valence-corrected chi connectivity index (χ1v) is 7.03. The van der Waals surface area contributed by atoms with Gasteiger partial charge in [0.05, 0.1) is 17.0 Å². The normalized spacial score (nSPS) is 14.7. The molecule has 0 fully saturated rings. The van der Waals surface area contributed by atoms with Crippen molar-refractivity contribution in [1.29, 1.82) is 0 Å². The van der Waals surface area contributed by atoms with Crippen LogP contribution in [0.25, 0.3) is 0 Å². The molecule has 3 nitrogen and oxygen atoms in total. The van der Waals surface area contributed by atoms with Crippen LogP contribution < -0.4 is 11.1 Å². The van der Waals surface area contributed by atoms with Crippen molar-refractivity contribution in [2.24, 2.45) is 5.73 Å². The molecule has 1 rings (SSSR count). The zero-order valence-electron chi connectivity index (χ0n) is 11.3. The fourth-order valence-electron chi connectivity index (χ4n) is 1.28. The maximum atomic E-state index is 12.3. The van der Waals surface area contributed by atoms with E-state index in [-0.39, 0.29) is 0 Å². The van der Waals surface area contributed by atoms with Gasteiger partial charge in [-0.1, -0.05) is 19.1 Å². The van der Waals surface area contributed by atoms with Gasteiger partial charge < -0.3 is 11.1 Å². The van der Waals surface area contributed by atoms with E-state index in [1.54, 1.807) is 32.0 Å². The number of halogens is 3. The van der Waals surface area contributed by atoms with Crippen LogP contribution in [0.15, 0.2) is 29.2 Å². The van der Waals surface area contributed by atoms with E-state index >= 15 is 0 Å². The Kier molecular flexibility index (Phi) is 5.47. The molecule has 3 N–H and O–H groups in total. The van der Waals surface area contributed by atoms with Gasteiger partial charge in [-0.05, 0) is 25.5 Å². The number of thioether (sulfide) groups is 1. The molecule has 20 heavy (non-hydrogen) atoms. The van der Waals surface area contributed by atoms with Gasteiger partial charge in [-0.15, -0.1) is 11.8 Å². The highest BCUT2D eigenvalue weighted by atomic mass is 32.2. The number of hydrogen-bond donors (Lipinski definition) is 2. The van der Waals surface area contributed by atoms with Gasteiger partial charge in [0.15, 0.2) is 0 Å². The maximum absolute atomic E-state index is 12.3. The lowest BCUT2D eigenvalue weighted by Crippen LogP contribution is -2.47. The predicted octanol–water partition coefficient (Wildman–Crippen LogP) is 3.41. The van der Waals surface area contributed by atoms with Gasteiger partial charge in [-0.25, -0.2) is 0 Å². The molecule has 0 aliphatic heterocycles. The summed E-state index contributed by atoms with van der Waals surface area (Å²) in [6.45, 7) is 3.34. The summed E-state index contributed by atoms with van der Waals surface area (Å²) in [5.74, 6) is -1.42. The van der Waals surface area contributed by atoms with E-state index < -0.39 is 23.4 Å². The predicted molar refractivity (Wildman–Crippen MR) is 74.7 cm³/mol. The van der Waals surface area contributed by atoms with Crippen LogP contribution in [0.5, 0.6) is 0 Å². The molecular weight excluding hydrogens is 289 g/mol. The minimum atomic E-state index is -4.26. The smallest absolute Gasteiger partial charge is 0.323 e. The molecular formula is C13H17F3N2OS. The largest absolute Gasteiger partial charge is 0.398 e. The lowest BCUT2D eigenvalue weighted by molar-refractivity contribution is -0.120. The lowest BCUT2D eigenvalue weighted by atomic mass is 9.99. The van der Waals surface area contributed by atoms with Crippen molar-refractivity contribution in [3.8, 4) is 0 Å². The van der Waals surface area contributed by atoms with Crippen LogP contribution in [0.3, 0.4) is 0 Å². The fraction of sp³-hybridized carbons (Fsp3) is 0.462. The van der Waals surface area contributed by atoms with Crippen LogP contribution in [0, 0.1) is 0 Å². The quantitative estimate of drug-likeness (QED) is 0.820. The van der Waals surface area contributed by atoms with Crippen molar-refractivity contribution in [3.63, 3.8) is 0 Å². The van der Waals surface area contributed by atoms with Crippen LogP contribution in [-0.4, -0.2) is 23.4 Å². The highest BCUT2D eigenvalue weighted by Gasteiger charge is 2.29. The van der Waals surface area contributed by atoms with Crippen molar-refractivity contribution >= 4 is 23.4 Å². The van der Waals surface area contributed by atoms with Crippen molar-refractivity contribution in [2.45, 2.75) is 36.9 Å². The van der Waals surface area contributed by atoms with E-state index in [1.165, 1.54) is 6.07 Å². The zero-order chi connectivity index (χ0) is 15.4. The molecule has 0 spiro atoms. The molecule has 0 bridgehead atoms. The van der Waals surface area contributed by atoms with Gasteiger partial charge in [-0.2, -0.15) is 13.2 Å². The van der Waals surface area contributed by atoms with E-state index in [2.05, 4.69) is 5.32 Å². The summed E-state index contributed by atoms with van der Waals surface area (Å²) < 4.78 is 36.8.